The number of methoxy groups -OCH3 is 1. The fraction of sp³-hybridized carbons (Fsp3) is 0.462. The molecule has 0 spiro atoms. The quantitative estimate of drug-likeness (QED) is 0.778. The van der Waals surface area contributed by atoms with Crippen LogP contribution in [0.1, 0.15) is 0 Å². The Hall–Kier alpha value is -1.75. The van der Waals surface area contributed by atoms with Crippen LogP contribution in [0.3, 0.4) is 0 Å². The molecule has 0 saturated heterocycles. The fourth-order valence-electron chi connectivity index (χ4n) is 1.38. The molecule has 0 aromatic heterocycles. The van der Waals surface area contributed by atoms with Crippen LogP contribution < -0.4 is 14.8 Å². The van der Waals surface area contributed by atoms with Crippen LogP contribution in [0.5, 0.6) is 11.5 Å². The highest BCUT2D eigenvalue weighted by Gasteiger charge is 2.06. The number of rotatable bonds is 7. The predicted octanol–water partition coefficient (Wildman–Crippen LogP) is 0.752. The third-order valence-corrected chi connectivity index (χ3v) is 2.51. The molecule has 0 aliphatic heterocycles. The number of hydrogen-bond acceptors (Lipinski definition) is 4. The number of hydrogen-bond donors (Lipinski definition) is 1. The van der Waals surface area contributed by atoms with E-state index in [-0.39, 0.29) is 5.91 Å². The van der Waals surface area contributed by atoms with Crippen LogP contribution in [0.15, 0.2) is 24.3 Å². The van der Waals surface area contributed by atoms with Gasteiger partial charge in [0.05, 0.1) is 20.2 Å². The Morgan fingerprint density at radius 1 is 1.28 bits per heavy atom. The number of nitrogens with one attached hydrogen (secondary N) is 1. The largest absolute Gasteiger partial charge is 0.497 e. The third-order valence-electron chi connectivity index (χ3n) is 2.51. The van der Waals surface area contributed by atoms with Gasteiger partial charge in [0.2, 0.25) is 5.91 Å². The summed E-state index contributed by atoms with van der Waals surface area (Å²) in [5.41, 5.74) is 0. The number of carbonyl (C=O) groups excluding carboxylic acids is 1. The van der Waals surface area contributed by atoms with E-state index in [9.17, 15) is 4.79 Å². The number of amides is 1. The minimum absolute atomic E-state index is 0.0517. The van der Waals surface area contributed by atoms with Gasteiger partial charge in [0.15, 0.2) is 0 Å². The molecule has 0 unspecified atom stereocenters. The van der Waals surface area contributed by atoms with Gasteiger partial charge in [0, 0.05) is 7.05 Å². The standard InChI is InChI=1S/C13H20N2O3/c1-14-10-13(16)15(2)8-9-18-12-6-4-11(17-3)5-7-12/h4-7,14H,8-10H2,1-3H3. The van der Waals surface area contributed by atoms with Crippen molar-refractivity contribution in [3.63, 3.8) is 0 Å². The topological polar surface area (TPSA) is 50.8 Å². The van der Waals surface area contributed by atoms with Gasteiger partial charge in [-0.25, -0.2) is 0 Å². The maximum atomic E-state index is 11.5. The monoisotopic (exact) mass is 252 g/mol. The number of ether oxygens (including phenoxy) is 2. The Bertz CT molecular complexity index is 365. The van der Waals surface area contributed by atoms with E-state index in [1.165, 1.54) is 0 Å². The van der Waals surface area contributed by atoms with E-state index in [4.69, 9.17) is 9.47 Å². The van der Waals surface area contributed by atoms with Gasteiger partial charge in [-0.2, -0.15) is 0 Å². The van der Waals surface area contributed by atoms with Crippen molar-refractivity contribution >= 4 is 5.91 Å². The summed E-state index contributed by atoms with van der Waals surface area (Å²) in [6, 6.07) is 7.36. The summed E-state index contributed by atoms with van der Waals surface area (Å²) < 4.78 is 10.6. The predicted molar refractivity (Wildman–Crippen MR) is 70.1 cm³/mol. The second-order valence-electron chi connectivity index (χ2n) is 3.87. The molecule has 0 atom stereocenters. The summed E-state index contributed by atoms with van der Waals surface area (Å²) in [4.78, 5) is 13.1. The Labute approximate surface area is 108 Å². The van der Waals surface area contributed by atoms with E-state index < -0.39 is 0 Å². The van der Waals surface area contributed by atoms with Gasteiger partial charge < -0.3 is 19.7 Å². The molecule has 0 aliphatic rings. The average molecular weight is 252 g/mol. The molecule has 1 rings (SSSR count). The maximum absolute atomic E-state index is 11.5. The van der Waals surface area contributed by atoms with Crippen LogP contribution >= 0.6 is 0 Å². The number of carbonyl (C=O) groups is 1. The zero-order valence-corrected chi connectivity index (χ0v) is 11.1. The molecule has 100 valence electrons. The van der Waals surface area contributed by atoms with Crippen molar-refractivity contribution in [2.24, 2.45) is 0 Å². The zero-order valence-electron chi connectivity index (χ0n) is 11.1. The van der Waals surface area contributed by atoms with Gasteiger partial charge in [-0.15, -0.1) is 0 Å². The first-order valence-corrected chi connectivity index (χ1v) is 5.82. The van der Waals surface area contributed by atoms with Crippen molar-refractivity contribution in [2.75, 3.05) is 40.9 Å². The molecule has 0 aliphatic carbocycles. The van der Waals surface area contributed by atoms with Gasteiger partial charge in [-0.1, -0.05) is 0 Å². The Kier molecular flexibility index (Phi) is 6.00. The molecule has 1 N–H and O–H groups in total. The molecular formula is C13H20N2O3. The molecule has 0 heterocycles. The van der Waals surface area contributed by atoms with Crippen LogP contribution in [0, 0.1) is 0 Å². The molecule has 0 radical (unpaired) electrons. The molecule has 0 fully saturated rings. The second-order valence-corrected chi connectivity index (χ2v) is 3.87. The van der Waals surface area contributed by atoms with Crippen molar-refractivity contribution in [1.82, 2.24) is 10.2 Å². The molecule has 5 nitrogen and oxygen atoms in total. The molecule has 1 amide bonds. The average Bonchev–Trinajstić information content (AvgIpc) is 2.39. The number of benzene rings is 1. The first kappa shape index (κ1) is 14.3. The highest BCUT2D eigenvalue weighted by Crippen LogP contribution is 2.16. The van der Waals surface area contributed by atoms with Crippen molar-refractivity contribution in [2.45, 2.75) is 0 Å². The Morgan fingerprint density at radius 2 is 1.89 bits per heavy atom. The molecule has 18 heavy (non-hydrogen) atoms. The summed E-state index contributed by atoms with van der Waals surface area (Å²) in [6.45, 7) is 1.38. The van der Waals surface area contributed by atoms with Gasteiger partial charge in [0.25, 0.3) is 0 Å². The van der Waals surface area contributed by atoms with Crippen LogP contribution in [0.25, 0.3) is 0 Å². The molecule has 1 aromatic carbocycles. The molecule has 0 saturated carbocycles. The number of likely N-dealkylation sites (N-methyl/N-ethyl adjacent to an activating group) is 2. The van der Waals surface area contributed by atoms with E-state index in [0.717, 1.165) is 11.5 Å². The van der Waals surface area contributed by atoms with E-state index in [1.807, 2.05) is 24.3 Å². The normalized spacial score (nSPS) is 9.94. The Balaban J connectivity index is 2.30. The van der Waals surface area contributed by atoms with E-state index in [2.05, 4.69) is 5.32 Å². The summed E-state index contributed by atoms with van der Waals surface area (Å²) in [5, 5.41) is 2.82. The van der Waals surface area contributed by atoms with E-state index in [1.54, 1.807) is 26.1 Å². The first-order chi connectivity index (χ1) is 8.67. The highest BCUT2D eigenvalue weighted by atomic mass is 16.5. The smallest absolute Gasteiger partial charge is 0.236 e. The third kappa shape index (κ3) is 4.63. The minimum atomic E-state index is 0.0517. The van der Waals surface area contributed by atoms with Crippen molar-refractivity contribution < 1.29 is 14.3 Å². The van der Waals surface area contributed by atoms with E-state index in [0.29, 0.717) is 19.7 Å². The highest BCUT2D eigenvalue weighted by molar-refractivity contribution is 5.77. The summed E-state index contributed by atoms with van der Waals surface area (Å²) >= 11 is 0. The maximum Gasteiger partial charge on any atom is 0.236 e. The molecule has 0 bridgehead atoms. The SMILES string of the molecule is CNCC(=O)N(C)CCOc1ccc(OC)cc1. The molecule has 1 aromatic rings. The lowest BCUT2D eigenvalue weighted by Crippen LogP contribution is -2.36. The second kappa shape index (κ2) is 7.55. The van der Waals surface area contributed by atoms with Gasteiger partial charge in [-0.3, -0.25) is 4.79 Å². The van der Waals surface area contributed by atoms with Crippen LogP contribution in [0.4, 0.5) is 0 Å². The zero-order chi connectivity index (χ0) is 13.4. The lowest BCUT2D eigenvalue weighted by molar-refractivity contribution is -0.129. The van der Waals surface area contributed by atoms with Crippen LogP contribution in [-0.4, -0.2) is 51.7 Å². The van der Waals surface area contributed by atoms with Crippen molar-refractivity contribution in [3.05, 3.63) is 24.3 Å². The van der Waals surface area contributed by atoms with Crippen LogP contribution in [-0.2, 0) is 4.79 Å². The minimum Gasteiger partial charge on any atom is -0.497 e. The Morgan fingerprint density at radius 3 is 2.44 bits per heavy atom. The lowest BCUT2D eigenvalue weighted by atomic mass is 10.3. The number of nitrogens with zero attached hydrogens (tertiary/aromatic N) is 1. The molecule has 5 heteroatoms. The van der Waals surface area contributed by atoms with Gasteiger partial charge in [-0.05, 0) is 31.3 Å². The summed E-state index contributed by atoms with van der Waals surface area (Å²) in [7, 11) is 5.13. The van der Waals surface area contributed by atoms with Crippen LogP contribution in [0.2, 0.25) is 0 Å². The first-order valence-electron chi connectivity index (χ1n) is 5.82. The van der Waals surface area contributed by atoms with E-state index >= 15 is 0 Å². The lowest BCUT2D eigenvalue weighted by Gasteiger charge is -2.17. The molecular weight excluding hydrogens is 232 g/mol. The van der Waals surface area contributed by atoms with Gasteiger partial charge >= 0.3 is 0 Å². The van der Waals surface area contributed by atoms with Crippen molar-refractivity contribution in [1.29, 1.82) is 0 Å². The fourth-order valence-corrected chi connectivity index (χ4v) is 1.38. The summed E-state index contributed by atoms with van der Waals surface area (Å²) in [6.07, 6.45) is 0. The van der Waals surface area contributed by atoms with Gasteiger partial charge in [0.1, 0.15) is 18.1 Å². The van der Waals surface area contributed by atoms with Crippen molar-refractivity contribution in [3.8, 4) is 11.5 Å². The summed E-state index contributed by atoms with van der Waals surface area (Å²) in [5.74, 6) is 1.62.